The van der Waals surface area contributed by atoms with E-state index in [-0.39, 0.29) is 5.91 Å². The first-order valence-corrected chi connectivity index (χ1v) is 9.55. The van der Waals surface area contributed by atoms with Crippen LogP contribution in [-0.2, 0) is 11.2 Å². The van der Waals surface area contributed by atoms with Crippen molar-refractivity contribution < 1.29 is 4.79 Å². The number of H-pyrrole nitrogens is 1. The van der Waals surface area contributed by atoms with E-state index in [0.29, 0.717) is 6.42 Å². The normalized spacial score (nSPS) is 13.5. The fourth-order valence-corrected chi connectivity index (χ4v) is 3.32. The number of carbonyl (C=O) groups excluding carboxylic acids is 1. The van der Waals surface area contributed by atoms with E-state index in [2.05, 4.69) is 30.5 Å². The number of hydrogen-bond acceptors (Lipinski definition) is 5. The van der Waals surface area contributed by atoms with E-state index in [0.717, 1.165) is 47.6 Å². The van der Waals surface area contributed by atoms with Crippen molar-refractivity contribution in [3.8, 4) is 0 Å². The second-order valence-corrected chi connectivity index (χ2v) is 7.01. The quantitative estimate of drug-likeness (QED) is 0.611. The van der Waals surface area contributed by atoms with E-state index >= 15 is 0 Å². The zero-order valence-corrected chi connectivity index (χ0v) is 15.9. The van der Waals surface area contributed by atoms with Gasteiger partial charge in [-0.1, -0.05) is 0 Å². The summed E-state index contributed by atoms with van der Waals surface area (Å²) in [5, 5.41) is 6.24. The molecule has 3 aromatic rings. The van der Waals surface area contributed by atoms with Gasteiger partial charge in [-0.05, 0) is 56.2 Å². The molecule has 28 heavy (non-hydrogen) atoms. The zero-order valence-electron chi connectivity index (χ0n) is 15.9. The van der Waals surface area contributed by atoms with Crippen molar-refractivity contribution in [1.29, 1.82) is 0 Å². The van der Waals surface area contributed by atoms with Crippen LogP contribution in [0.2, 0.25) is 0 Å². The number of hydrogen-bond donors (Lipinski definition) is 3. The van der Waals surface area contributed by atoms with Gasteiger partial charge in [0.15, 0.2) is 0 Å². The Labute approximate surface area is 164 Å². The van der Waals surface area contributed by atoms with Gasteiger partial charge in [-0.3, -0.25) is 4.79 Å². The number of amides is 1. The summed E-state index contributed by atoms with van der Waals surface area (Å²) in [7, 11) is 0. The smallest absolute Gasteiger partial charge is 0.230 e. The van der Waals surface area contributed by atoms with Crippen LogP contribution < -0.4 is 15.5 Å². The van der Waals surface area contributed by atoms with Crippen molar-refractivity contribution >= 4 is 29.0 Å². The first kappa shape index (κ1) is 18.0. The Morgan fingerprint density at radius 2 is 1.86 bits per heavy atom. The van der Waals surface area contributed by atoms with Gasteiger partial charge < -0.3 is 20.5 Å². The fourth-order valence-electron chi connectivity index (χ4n) is 3.32. The molecule has 1 amide bonds. The number of aromatic nitrogens is 3. The molecule has 0 unspecified atom stereocenters. The van der Waals surface area contributed by atoms with Crippen molar-refractivity contribution in [3.63, 3.8) is 0 Å². The summed E-state index contributed by atoms with van der Waals surface area (Å²) < 4.78 is 0. The molecule has 0 radical (unpaired) electrons. The van der Waals surface area contributed by atoms with Crippen molar-refractivity contribution in [2.24, 2.45) is 0 Å². The third kappa shape index (κ3) is 4.49. The maximum Gasteiger partial charge on any atom is 0.230 e. The number of aryl methyl sites for hydroxylation is 1. The highest BCUT2D eigenvalue weighted by atomic mass is 16.1. The summed E-state index contributed by atoms with van der Waals surface area (Å²) in [6.07, 6.45) is 4.52. The lowest BCUT2D eigenvalue weighted by atomic mass is 10.2. The van der Waals surface area contributed by atoms with Gasteiger partial charge in [0, 0.05) is 48.1 Å². The summed E-state index contributed by atoms with van der Waals surface area (Å²) >= 11 is 0. The Balaban J connectivity index is 1.39. The molecular weight excluding hydrogens is 352 g/mol. The standard InChI is InChI=1S/C21H24N6O/c1-15-13-19(26-21(23-15)27-11-2-3-12-27)24-16-6-8-17(9-7-16)25-20(28)14-18-5-4-10-22-18/h4-10,13,22H,2-3,11-12,14H2,1H3,(H,25,28)(H,23,24,26). The highest BCUT2D eigenvalue weighted by Crippen LogP contribution is 2.22. The van der Waals surface area contributed by atoms with Crippen LogP contribution in [0, 0.1) is 6.92 Å². The van der Waals surface area contributed by atoms with Crippen LogP contribution in [0.1, 0.15) is 24.2 Å². The lowest BCUT2D eigenvalue weighted by molar-refractivity contribution is -0.115. The largest absolute Gasteiger partial charge is 0.365 e. The van der Waals surface area contributed by atoms with E-state index in [1.165, 1.54) is 12.8 Å². The van der Waals surface area contributed by atoms with Gasteiger partial charge in [-0.15, -0.1) is 0 Å². The van der Waals surface area contributed by atoms with Crippen molar-refractivity contribution in [2.45, 2.75) is 26.2 Å². The van der Waals surface area contributed by atoms with Gasteiger partial charge in [-0.2, -0.15) is 4.98 Å². The highest BCUT2D eigenvalue weighted by Gasteiger charge is 2.16. The molecule has 1 aromatic carbocycles. The highest BCUT2D eigenvalue weighted by molar-refractivity contribution is 5.92. The maximum atomic E-state index is 12.1. The van der Waals surface area contributed by atoms with Crippen molar-refractivity contribution in [3.05, 3.63) is 60.0 Å². The topological polar surface area (TPSA) is 85.9 Å². The molecule has 0 aliphatic carbocycles. The second-order valence-electron chi connectivity index (χ2n) is 7.01. The Bertz CT molecular complexity index is 930. The third-order valence-electron chi connectivity index (χ3n) is 4.69. The number of nitrogens with zero attached hydrogens (tertiary/aromatic N) is 3. The summed E-state index contributed by atoms with van der Waals surface area (Å²) in [5.41, 5.74) is 3.50. The molecule has 0 spiro atoms. The molecule has 1 fully saturated rings. The number of carbonyl (C=O) groups is 1. The molecular formula is C21H24N6O. The Morgan fingerprint density at radius 1 is 1.11 bits per heavy atom. The van der Waals surface area contributed by atoms with Crippen LogP contribution in [-0.4, -0.2) is 33.9 Å². The molecule has 1 aliphatic rings. The predicted molar refractivity (Wildman–Crippen MR) is 111 cm³/mol. The van der Waals surface area contributed by atoms with E-state index in [4.69, 9.17) is 0 Å². The van der Waals surface area contributed by atoms with Crippen LogP contribution in [0.4, 0.5) is 23.1 Å². The minimum atomic E-state index is -0.0511. The van der Waals surface area contributed by atoms with Crippen molar-refractivity contribution in [1.82, 2.24) is 15.0 Å². The average Bonchev–Trinajstić information content (AvgIpc) is 3.37. The molecule has 7 heteroatoms. The van der Waals surface area contributed by atoms with E-state index < -0.39 is 0 Å². The Kier molecular flexibility index (Phi) is 5.23. The number of anilines is 4. The van der Waals surface area contributed by atoms with Gasteiger partial charge in [0.2, 0.25) is 11.9 Å². The first-order valence-electron chi connectivity index (χ1n) is 9.55. The van der Waals surface area contributed by atoms with Crippen LogP contribution >= 0.6 is 0 Å². The van der Waals surface area contributed by atoms with Gasteiger partial charge in [-0.25, -0.2) is 4.98 Å². The summed E-state index contributed by atoms with van der Waals surface area (Å²) in [6.45, 7) is 4.01. The second kappa shape index (κ2) is 8.12. The molecule has 144 valence electrons. The number of nitrogens with one attached hydrogen (secondary N) is 3. The van der Waals surface area contributed by atoms with Gasteiger partial charge in [0.25, 0.3) is 0 Å². The number of aromatic amines is 1. The minimum absolute atomic E-state index is 0.0511. The van der Waals surface area contributed by atoms with Crippen molar-refractivity contribution in [2.75, 3.05) is 28.6 Å². The minimum Gasteiger partial charge on any atom is -0.365 e. The lowest BCUT2D eigenvalue weighted by Crippen LogP contribution is -2.21. The Hall–Kier alpha value is -3.35. The lowest BCUT2D eigenvalue weighted by Gasteiger charge is -2.17. The van der Waals surface area contributed by atoms with Gasteiger partial charge in [0.05, 0.1) is 6.42 Å². The summed E-state index contributed by atoms with van der Waals surface area (Å²) in [4.78, 5) is 26.6. The van der Waals surface area contributed by atoms with Crippen LogP contribution in [0.5, 0.6) is 0 Å². The monoisotopic (exact) mass is 376 g/mol. The molecule has 3 N–H and O–H groups in total. The van der Waals surface area contributed by atoms with Crippen LogP contribution in [0.25, 0.3) is 0 Å². The fraction of sp³-hybridized carbons (Fsp3) is 0.286. The molecule has 3 heterocycles. The van der Waals surface area contributed by atoms with Crippen LogP contribution in [0.3, 0.4) is 0 Å². The SMILES string of the molecule is Cc1cc(Nc2ccc(NC(=O)Cc3ccc[nH]3)cc2)nc(N2CCCC2)n1. The van der Waals surface area contributed by atoms with Gasteiger partial charge >= 0.3 is 0 Å². The molecule has 0 bridgehead atoms. The number of rotatable bonds is 6. The first-order chi connectivity index (χ1) is 13.7. The summed E-state index contributed by atoms with van der Waals surface area (Å²) in [5.74, 6) is 1.51. The van der Waals surface area contributed by atoms with Crippen LogP contribution in [0.15, 0.2) is 48.7 Å². The molecule has 0 saturated carbocycles. The van der Waals surface area contributed by atoms with E-state index in [1.807, 2.05) is 55.6 Å². The molecule has 0 atom stereocenters. The number of benzene rings is 1. The zero-order chi connectivity index (χ0) is 19.3. The maximum absolute atomic E-state index is 12.1. The molecule has 7 nitrogen and oxygen atoms in total. The molecule has 4 rings (SSSR count). The van der Waals surface area contributed by atoms with E-state index in [9.17, 15) is 4.79 Å². The molecule has 1 aliphatic heterocycles. The van der Waals surface area contributed by atoms with E-state index in [1.54, 1.807) is 0 Å². The molecule has 2 aromatic heterocycles. The Morgan fingerprint density at radius 3 is 2.57 bits per heavy atom. The predicted octanol–water partition coefficient (Wildman–Crippen LogP) is 3.64. The average molecular weight is 376 g/mol. The molecule has 1 saturated heterocycles. The van der Waals surface area contributed by atoms with Gasteiger partial charge in [0.1, 0.15) is 5.82 Å². The third-order valence-corrected chi connectivity index (χ3v) is 4.69. The summed E-state index contributed by atoms with van der Waals surface area (Å²) in [6, 6.07) is 13.3.